The Kier molecular flexibility index (Phi) is 4.46. The summed E-state index contributed by atoms with van der Waals surface area (Å²) >= 11 is 8.08. The van der Waals surface area contributed by atoms with Crippen LogP contribution in [0.5, 0.6) is 0 Å². The normalized spacial score (nSPS) is 13.8. The van der Waals surface area contributed by atoms with E-state index in [0.717, 1.165) is 5.56 Å². The molecule has 0 amide bonds. The van der Waals surface area contributed by atoms with E-state index >= 15 is 0 Å². The first-order valence-electron chi connectivity index (χ1n) is 5.70. The number of nitrogens with zero attached hydrogens (tertiary/aromatic N) is 1. The second-order valence-corrected chi connectivity index (χ2v) is 5.70. The third-order valence-corrected chi connectivity index (χ3v) is 4.40. The molecule has 0 fully saturated rings. The van der Waals surface area contributed by atoms with Gasteiger partial charge in [0, 0.05) is 5.88 Å². The molecule has 2 rings (SSSR count). The second kappa shape index (κ2) is 5.92. The SMILES string of the molecule is CC(CCl)(Nc1nc[nH]c(=O)c1I)c1ccccc1. The standard InChI is InChI=1S/C13H13ClIN3O/c1-13(7-14,9-5-3-2-4-6-9)18-11-10(15)12(19)17-8-16-11/h2-6,8H,7H2,1H3,(H2,16,17,18,19). The minimum atomic E-state index is -0.483. The van der Waals surface area contributed by atoms with Crippen LogP contribution >= 0.6 is 34.2 Å². The Balaban J connectivity index is 2.39. The van der Waals surface area contributed by atoms with Gasteiger partial charge >= 0.3 is 0 Å². The van der Waals surface area contributed by atoms with Gasteiger partial charge in [0.25, 0.3) is 5.56 Å². The Morgan fingerprint density at radius 3 is 2.74 bits per heavy atom. The monoisotopic (exact) mass is 389 g/mol. The van der Waals surface area contributed by atoms with Gasteiger partial charge in [0.15, 0.2) is 0 Å². The lowest BCUT2D eigenvalue weighted by molar-refractivity contribution is 0.612. The van der Waals surface area contributed by atoms with E-state index in [0.29, 0.717) is 15.3 Å². The molecule has 1 aromatic heterocycles. The van der Waals surface area contributed by atoms with Crippen LogP contribution in [0.4, 0.5) is 5.82 Å². The lowest BCUT2D eigenvalue weighted by Crippen LogP contribution is -2.35. The van der Waals surface area contributed by atoms with Crippen molar-refractivity contribution in [2.75, 3.05) is 11.2 Å². The summed E-state index contributed by atoms with van der Waals surface area (Å²) in [6.45, 7) is 1.98. The first kappa shape index (κ1) is 14.3. The van der Waals surface area contributed by atoms with Crippen LogP contribution in [0.2, 0.25) is 0 Å². The second-order valence-electron chi connectivity index (χ2n) is 4.35. The molecule has 0 bridgehead atoms. The van der Waals surface area contributed by atoms with E-state index in [2.05, 4.69) is 15.3 Å². The molecule has 0 radical (unpaired) electrons. The number of hydrogen-bond acceptors (Lipinski definition) is 3. The summed E-state index contributed by atoms with van der Waals surface area (Å²) in [5.74, 6) is 0.901. The van der Waals surface area contributed by atoms with Gasteiger partial charge in [-0.1, -0.05) is 30.3 Å². The molecule has 6 heteroatoms. The molecule has 100 valence electrons. The number of hydrogen-bond donors (Lipinski definition) is 2. The smallest absolute Gasteiger partial charge is 0.266 e. The van der Waals surface area contributed by atoms with Crippen molar-refractivity contribution < 1.29 is 0 Å². The largest absolute Gasteiger partial charge is 0.359 e. The minimum Gasteiger partial charge on any atom is -0.359 e. The number of alkyl halides is 1. The van der Waals surface area contributed by atoms with E-state index in [9.17, 15) is 4.79 Å². The molecule has 2 aromatic rings. The fraction of sp³-hybridized carbons (Fsp3) is 0.231. The van der Waals surface area contributed by atoms with Crippen LogP contribution in [-0.4, -0.2) is 15.8 Å². The van der Waals surface area contributed by atoms with Gasteiger partial charge in [-0.05, 0) is 35.1 Å². The van der Waals surface area contributed by atoms with E-state index in [-0.39, 0.29) is 5.56 Å². The van der Waals surface area contributed by atoms with Crippen LogP contribution in [0.1, 0.15) is 12.5 Å². The number of aromatic amines is 1. The highest BCUT2D eigenvalue weighted by atomic mass is 127. The molecule has 2 N–H and O–H groups in total. The quantitative estimate of drug-likeness (QED) is 0.624. The maximum atomic E-state index is 11.6. The fourth-order valence-electron chi connectivity index (χ4n) is 1.72. The molecule has 0 aliphatic rings. The van der Waals surface area contributed by atoms with E-state index in [4.69, 9.17) is 11.6 Å². The number of nitrogens with one attached hydrogen (secondary N) is 2. The third-order valence-electron chi connectivity index (χ3n) is 2.87. The zero-order valence-electron chi connectivity index (χ0n) is 10.3. The van der Waals surface area contributed by atoms with Crippen molar-refractivity contribution in [3.05, 3.63) is 56.1 Å². The van der Waals surface area contributed by atoms with Crippen molar-refractivity contribution in [2.45, 2.75) is 12.5 Å². The topological polar surface area (TPSA) is 57.8 Å². The van der Waals surface area contributed by atoms with Crippen LogP contribution in [0.15, 0.2) is 41.5 Å². The predicted octanol–water partition coefficient (Wildman–Crippen LogP) is 2.94. The zero-order chi connectivity index (χ0) is 13.9. The van der Waals surface area contributed by atoms with E-state index in [1.807, 2.05) is 59.8 Å². The van der Waals surface area contributed by atoms with Crippen LogP contribution < -0.4 is 10.9 Å². The lowest BCUT2D eigenvalue weighted by Gasteiger charge is -2.30. The van der Waals surface area contributed by atoms with Gasteiger partial charge in [0.05, 0.1) is 11.9 Å². The molecular weight excluding hydrogens is 377 g/mol. The van der Waals surface area contributed by atoms with Crippen LogP contribution in [0.3, 0.4) is 0 Å². The van der Waals surface area contributed by atoms with E-state index in [1.165, 1.54) is 6.33 Å². The molecule has 0 spiro atoms. The molecule has 1 heterocycles. The maximum Gasteiger partial charge on any atom is 0.266 e. The highest BCUT2D eigenvalue weighted by molar-refractivity contribution is 14.1. The molecule has 0 aliphatic carbocycles. The number of rotatable bonds is 4. The predicted molar refractivity (Wildman–Crippen MR) is 85.7 cm³/mol. The van der Waals surface area contributed by atoms with Crippen molar-refractivity contribution in [1.29, 1.82) is 0 Å². The van der Waals surface area contributed by atoms with Crippen LogP contribution in [-0.2, 0) is 5.54 Å². The Morgan fingerprint density at radius 2 is 2.11 bits per heavy atom. The van der Waals surface area contributed by atoms with Crippen molar-refractivity contribution in [1.82, 2.24) is 9.97 Å². The fourth-order valence-corrected chi connectivity index (χ4v) is 2.37. The average Bonchev–Trinajstić information content (AvgIpc) is 2.45. The molecule has 1 atom stereocenters. The highest BCUT2D eigenvalue weighted by Gasteiger charge is 2.26. The Hall–Kier alpha value is -1.08. The summed E-state index contributed by atoms with van der Waals surface area (Å²) in [5, 5.41) is 3.26. The Labute approximate surface area is 129 Å². The molecule has 1 unspecified atom stereocenters. The summed E-state index contributed by atoms with van der Waals surface area (Å²) in [6, 6.07) is 9.86. The number of halogens is 2. The Morgan fingerprint density at radius 1 is 1.42 bits per heavy atom. The van der Waals surface area contributed by atoms with Crippen molar-refractivity contribution in [3.63, 3.8) is 0 Å². The maximum absolute atomic E-state index is 11.6. The first-order valence-corrected chi connectivity index (χ1v) is 7.31. The molecule has 0 saturated heterocycles. The van der Waals surface area contributed by atoms with Crippen molar-refractivity contribution in [2.24, 2.45) is 0 Å². The third kappa shape index (κ3) is 3.09. The molecule has 19 heavy (non-hydrogen) atoms. The molecule has 0 aliphatic heterocycles. The van der Waals surface area contributed by atoms with Gasteiger partial charge in [0.2, 0.25) is 0 Å². The Bertz CT molecular complexity index is 617. The van der Waals surface area contributed by atoms with Gasteiger partial charge < -0.3 is 10.3 Å². The summed E-state index contributed by atoms with van der Waals surface area (Å²) in [6.07, 6.45) is 1.38. The van der Waals surface area contributed by atoms with Crippen LogP contribution in [0.25, 0.3) is 0 Å². The summed E-state index contributed by atoms with van der Waals surface area (Å²) in [7, 11) is 0. The van der Waals surface area contributed by atoms with Gasteiger partial charge in [-0.3, -0.25) is 4.79 Å². The van der Waals surface area contributed by atoms with Crippen molar-refractivity contribution >= 4 is 40.0 Å². The molecular formula is C13H13ClIN3O. The van der Waals surface area contributed by atoms with Gasteiger partial charge in [0.1, 0.15) is 9.39 Å². The van der Waals surface area contributed by atoms with Gasteiger partial charge in [-0.25, -0.2) is 4.98 Å². The number of anilines is 1. The van der Waals surface area contributed by atoms with Crippen LogP contribution in [0, 0.1) is 3.57 Å². The lowest BCUT2D eigenvalue weighted by atomic mass is 9.94. The van der Waals surface area contributed by atoms with E-state index < -0.39 is 5.54 Å². The number of H-pyrrole nitrogens is 1. The summed E-state index contributed by atoms with van der Waals surface area (Å²) in [5.41, 5.74) is 0.398. The van der Waals surface area contributed by atoms with Crippen molar-refractivity contribution in [3.8, 4) is 0 Å². The van der Waals surface area contributed by atoms with Gasteiger partial charge in [-0.15, -0.1) is 11.6 Å². The highest BCUT2D eigenvalue weighted by Crippen LogP contribution is 2.27. The minimum absolute atomic E-state index is 0.164. The number of aromatic nitrogens is 2. The number of benzene rings is 1. The molecule has 0 saturated carbocycles. The molecule has 1 aromatic carbocycles. The first-order chi connectivity index (χ1) is 9.07. The van der Waals surface area contributed by atoms with Gasteiger partial charge in [-0.2, -0.15) is 0 Å². The molecule has 4 nitrogen and oxygen atoms in total. The summed E-state index contributed by atoms with van der Waals surface area (Å²) in [4.78, 5) is 18.3. The summed E-state index contributed by atoms with van der Waals surface area (Å²) < 4.78 is 0.521. The van der Waals surface area contributed by atoms with E-state index in [1.54, 1.807) is 0 Å². The zero-order valence-corrected chi connectivity index (χ0v) is 13.2. The average molecular weight is 390 g/mol.